The van der Waals surface area contributed by atoms with Crippen molar-refractivity contribution >= 4 is 11.8 Å². The number of carbonyl (C=O) groups excluding carboxylic acids is 1. The second-order valence-electron chi connectivity index (χ2n) is 4.88. The molecule has 0 bridgehead atoms. The van der Waals surface area contributed by atoms with Gasteiger partial charge in [0.25, 0.3) is 0 Å². The normalized spacial score (nSPS) is 10.1. The number of hydrogen-bond donors (Lipinski definition) is 3. The molecule has 0 aromatic heterocycles. The first kappa shape index (κ1) is 14.9. The molecular weight excluding hydrogens is 242 g/mol. The standard InChI is InChI=1S/C14H19N3O2/c1-14(2,3)19-13(18)16-9-5-7-11-6-4-8-12(10-11)17-15/h4,6,8,10,17H,9,15H2,1-3H3,(H,16,18). The van der Waals surface area contributed by atoms with E-state index in [1.54, 1.807) is 0 Å². The van der Waals surface area contributed by atoms with Gasteiger partial charge in [-0.05, 0) is 39.0 Å². The van der Waals surface area contributed by atoms with Crippen molar-refractivity contribution < 1.29 is 9.53 Å². The fourth-order valence-corrected chi connectivity index (χ4v) is 1.26. The largest absolute Gasteiger partial charge is 0.444 e. The van der Waals surface area contributed by atoms with Crippen LogP contribution >= 0.6 is 0 Å². The lowest BCUT2D eigenvalue weighted by Crippen LogP contribution is -2.32. The number of amides is 1. The maximum Gasteiger partial charge on any atom is 0.408 e. The quantitative estimate of drug-likeness (QED) is 0.431. The number of carbonyl (C=O) groups is 1. The number of nitrogens with one attached hydrogen (secondary N) is 2. The number of nitrogen functional groups attached to an aromatic ring is 1. The van der Waals surface area contributed by atoms with Crippen LogP contribution < -0.4 is 16.6 Å². The summed E-state index contributed by atoms with van der Waals surface area (Å²) in [6, 6.07) is 7.37. The van der Waals surface area contributed by atoms with Gasteiger partial charge in [-0.25, -0.2) is 4.79 Å². The highest BCUT2D eigenvalue weighted by atomic mass is 16.6. The van der Waals surface area contributed by atoms with Crippen LogP contribution in [0.4, 0.5) is 10.5 Å². The molecule has 4 N–H and O–H groups in total. The van der Waals surface area contributed by atoms with Crippen molar-refractivity contribution in [3.8, 4) is 11.8 Å². The van der Waals surface area contributed by atoms with E-state index >= 15 is 0 Å². The number of anilines is 1. The minimum Gasteiger partial charge on any atom is -0.444 e. The Balaban J connectivity index is 2.45. The van der Waals surface area contributed by atoms with Crippen molar-refractivity contribution in [2.24, 2.45) is 5.84 Å². The van der Waals surface area contributed by atoms with Crippen LogP contribution in [0.5, 0.6) is 0 Å². The fourth-order valence-electron chi connectivity index (χ4n) is 1.26. The van der Waals surface area contributed by atoms with Gasteiger partial charge in [-0.3, -0.25) is 5.84 Å². The van der Waals surface area contributed by atoms with Crippen molar-refractivity contribution in [3.63, 3.8) is 0 Å². The number of hydrogen-bond acceptors (Lipinski definition) is 4. The molecule has 0 aliphatic rings. The second-order valence-corrected chi connectivity index (χ2v) is 4.88. The minimum atomic E-state index is -0.501. The molecule has 1 amide bonds. The highest BCUT2D eigenvalue weighted by Gasteiger charge is 2.14. The van der Waals surface area contributed by atoms with Crippen LogP contribution in [0.3, 0.4) is 0 Å². The lowest BCUT2D eigenvalue weighted by atomic mass is 10.2. The van der Waals surface area contributed by atoms with Crippen LogP contribution in [0.1, 0.15) is 26.3 Å². The molecule has 0 aliphatic carbocycles. The zero-order valence-corrected chi connectivity index (χ0v) is 11.4. The molecule has 0 spiro atoms. The third kappa shape index (κ3) is 6.34. The maximum atomic E-state index is 11.3. The number of rotatable bonds is 2. The van der Waals surface area contributed by atoms with E-state index in [2.05, 4.69) is 22.6 Å². The highest BCUT2D eigenvalue weighted by molar-refractivity contribution is 5.68. The summed E-state index contributed by atoms with van der Waals surface area (Å²) < 4.78 is 5.08. The summed E-state index contributed by atoms with van der Waals surface area (Å²) >= 11 is 0. The Morgan fingerprint density at radius 2 is 2.16 bits per heavy atom. The third-order valence-electron chi connectivity index (χ3n) is 1.98. The molecular formula is C14H19N3O2. The Kier molecular flexibility index (Phi) is 5.22. The number of hydrazine groups is 1. The summed E-state index contributed by atoms with van der Waals surface area (Å²) in [6.07, 6.45) is -0.473. The molecule has 0 unspecified atom stereocenters. The molecule has 5 heteroatoms. The predicted octanol–water partition coefficient (Wildman–Crippen LogP) is 1.85. The van der Waals surface area contributed by atoms with Gasteiger partial charge in [0.15, 0.2) is 0 Å². The molecule has 0 saturated heterocycles. The van der Waals surface area contributed by atoms with Gasteiger partial charge in [0, 0.05) is 11.3 Å². The molecule has 1 aromatic carbocycles. The van der Waals surface area contributed by atoms with Gasteiger partial charge in [0.2, 0.25) is 0 Å². The van der Waals surface area contributed by atoms with Crippen LogP contribution in [0.2, 0.25) is 0 Å². The van der Waals surface area contributed by atoms with E-state index in [1.165, 1.54) is 0 Å². The average Bonchev–Trinajstić information content (AvgIpc) is 2.33. The number of nitrogens with two attached hydrogens (primary N) is 1. The number of benzene rings is 1. The summed E-state index contributed by atoms with van der Waals surface area (Å²) in [5.41, 5.74) is 3.65. The fraction of sp³-hybridized carbons (Fsp3) is 0.357. The summed E-state index contributed by atoms with van der Waals surface area (Å²) in [7, 11) is 0. The van der Waals surface area contributed by atoms with E-state index in [0.717, 1.165) is 11.3 Å². The molecule has 102 valence electrons. The molecule has 0 fully saturated rings. The Morgan fingerprint density at radius 1 is 1.42 bits per heavy atom. The molecule has 1 aromatic rings. The lowest BCUT2D eigenvalue weighted by molar-refractivity contribution is 0.0535. The first-order chi connectivity index (χ1) is 8.90. The average molecular weight is 261 g/mol. The van der Waals surface area contributed by atoms with Crippen LogP contribution in [-0.4, -0.2) is 18.2 Å². The number of alkyl carbamates (subject to hydrolysis) is 1. The molecule has 0 atom stereocenters. The van der Waals surface area contributed by atoms with E-state index < -0.39 is 11.7 Å². The van der Waals surface area contributed by atoms with E-state index in [0.29, 0.717) is 0 Å². The van der Waals surface area contributed by atoms with Crippen molar-refractivity contribution in [1.82, 2.24) is 5.32 Å². The van der Waals surface area contributed by atoms with Gasteiger partial charge >= 0.3 is 6.09 Å². The van der Waals surface area contributed by atoms with Crippen LogP contribution in [-0.2, 0) is 4.74 Å². The summed E-state index contributed by atoms with van der Waals surface area (Å²) in [4.78, 5) is 11.3. The van der Waals surface area contributed by atoms with E-state index in [4.69, 9.17) is 10.6 Å². The topological polar surface area (TPSA) is 76.4 Å². The summed E-state index contributed by atoms with van der Waals surface area (Å²) in [6.45, 7) is 5.66. The zero-order chi connectivity index (χ0) is 14.3. The van der Waals surface area contributed by atoms with Crippen molar-refractivity contribution in [1.29, 1.82) is 0 Å². The van der Waals surface area contributed by atoms with Crippen molar-refractivity contribution in [2.45, 2.75) is 26.4 Å². The monoisotopic (exact) mass is 261 g/mol. The molecule has 1 rings (SSSR count). The molecule has 0 heterocycles. The SMILES string of the molecule is CC(C)(C)OC(=O)NCC#Cc1cccc(NN)c1. The first-order valence-corrected chi connectivity index (χ1v) is 5.93. The molecule has 0 aliphatic heterocycles. The van der Waals surface area contributed by atoms with Crippen LogP contribution in [0.15, 0.2) is 24.3 Å². The van der Waals surface area contributed by atoms with Gasteiger partial charge < -0.3 is 15.5 Å². The first-order valence-electron chi connectivity index (χ1n) is 5.93. The minimum absolute atomic E-state index is 0.231. The van der Waals surface area contributed by atoms with Crippen molar-refractivity contribution in [3.05, 3.63) is 29.8 Å². The second kappa shape index (κ2) is 6.66. The van der Waals surface area contributed by atoms with Gasteiger partial charge in [-0.15, -0.1) is 0 Å². The number of ether oxygens (including phenoxy) is 1. The Bertz CT molecular complexity index is 495. The van der Waals surface area contributed by atoms with E-state index in [-0.39, 0.29) is 6.54 Å². The van der Waals surface area contributed by atoms with Crippen LogP contribution in [0.25, 0.3) is 0 Å². The van der Waals surface area contributed by atoms with Gasteiger partial charge in [0.05, 0.1) is 6.54 Å². The molecule has 19 heavy (non-hydrogen) atoms. The third-order valence-corrected chi connectivity index (χ3v) is 1.98. The van der Waals surface area contributed by atoms with Gasteiger partial charge in [-0.1, -0.05) is 17.9 Å². The zero-order valence-electron chi connectivity index (χ0n) is 11.4. The van der Waals surface area contributed by atoms with Gasteiger partial charge in [-0.2, -0.15) is 0 Å². The van der Waals surface area contributed by atoms with E-state index in [9.17, 15) is 4.79 Å². The summed E-state index contributed by atoms with van der Waals surface area (Å²) in [5.74, 6) is 11.1. The Labute approximate surface area is 113 Å². The molecule has 0 radical (unpaired) electrons. The predicted molar refractivity (Wildman–Crippen MR) is 75.4 cm³/mol. The lowest BCUT2D eigenvalue weighted by Gasteiger charge is -2.18. The van der Waals surface area contributed by atoms with Crippen molar-refractivity contribution in [2.75, 3.05) is 12.0 Å². The highest BCUT2D eigenvalue weighted by Crippen LogP contribution is 2.07. The van der Waals surface area contributed by atoms with Crippen LogP contribution in [0, 0.1) is 11.8 Å². The molecule has 5 nitrogen and oxygen atoms in total. The van der Waals surface area contributed by atoms with Gasteiger partial charge in [0.1, 0.15) is 5.60 Å². The molecule has 0 saturated carbocycles. The Hall–Kier alpha value is -2.19. The summed E-state index contributed by atoms with van der Waals surface area (Å²) in [5, 5.41) is 2.56. The van der Waals surface area contributed by atoms with E-state index in [1.807, 2.05) is 45.0 Å². The smallest absolute Gasteiger partial charge is 0.408 e. The maximum absolute atomic E-state index is 11.3. The Morgan fingerprint density at radius 3 is 2.79 bits per heavy atom.